The van der Waals surface area contributed by atoms with Gasteiger partial charge in [0, 0.05) is 24.2 Å². The van der Waals surface area contributed by atoms with Crippen molar-refractivity contribution >= 4 is 29.1 Å². The molecule has 2 aromatic rings. The van der Waals surface area contributed by atoms with Gasteiger partial charge in [0.2, 0.25) is 5.91 Å². The zero-order valence-electron chi connectivity index (χ0n) is 13.9. The fraction of sp³-hybridized carbons (Fsp3) is 0.211. The summed E-state index contributed by atoms with van der Waals surface area (Å²) in [4.78, 5) is 38.5. The van der Waals surface area contributed by atoms with Gasteiger partial charge in [-0.25, -0.2) is 4.79 Å². The van der Waals surface area contributed by atoms with Crippen LogP contribution < -0.4 is 10.6 Å². The van der Waals surface area contributed by atoms with E-state index in [0.29, 0.717) is 16.9 Å². The second-order valence-electron chi connectivity index (χ2n) is 5.99. The molecule has 0 radical (unpaired) electrons. The lowest BCUT2D eigenvalue weighted by molar-refractivity contribution is -0.116. The first-order valence-corrected chi connectivity index (χ1v) is 8.07. The first kappa shape index (κ1) is 16.7. The van der Waals surface area contributed by atoms with Crippen LogP contribution in [-0.2, 0) is 4.79 Å². The second-order valence-corrected chi connectivity index (χ2v) is 5.99. The van der Waals surface area contributed by atoms with E-state index in [-0.39, 0.29) is 31.2 Å². The Hall–Kier alpha value is -3.15. The number of fused-ring (bicyclic) bond motifs is 1. The Morgan fingerprint density at radius 2 is 1.92 bits per heavy atom. The number of benzene rings is 2. The summed E-state index contributed by atoms with van der Waals surface area (Å²) in [6, 6.07) is 13.9. The number of rotatable bonds is 1. The Morgan fingerprint density at radius 3 is 2.72 bits per heavy atom. The Labute approximate surface area is 145 Å². The molecule has 0 aliphatic carbocycles. The summed E-state index contributed by atoms with van der Waals surface area (Å²) >= 11 is 0. The predicted octanol–water partition coefficient (Wildman–Crippen LogP) is 3.05. The van der Waals surface area contributed by atoms with Crippen molar-refractivity contribution in [2.24, 2.45) is 0 Å². The van der Waals surface area contributed by atoms with Gasteiger partial charge >= 0.3 is 6.03 Å². The highest BCUT2D eigenvalue weighted by molar-refractivity contribution is 6.06. The summed E-state index contributed by atoms with van der Waals surface area (Å²) in [5.74, 6) is -0.437. The lowest BCUT2D eigenvalue weighted by Gasteiger charge is -2.21. The molecule has 0 saturated carbocycles. The molecule has 25 heavy (non-hydrogen) atoms. The Morgan fingerprint density at radius 1 is 1.12 bits per heavy atom. The molecular formula is C19H19N3O3. The number of anilines is 2. The average Bonchev–Trinajstić information content (AvgIpc) is 2.64. The maximum atomic E-state index is 12.5. The van der Waals surface area contributed by atoms with Crippen LogP contribution in [0.4, 0.5) is 16.2 Å². The van der Waals surface area contributed by atoms with E-state index in [9.17, 15) is 14.4 Å². The van der Waals surface area contributed by atoms with Crippen molar-refractivity contribution in [3.05, 3.63) is 59.7 Å². The van der Waals surface area contributed by atoms with Crippen molar-refractivity contribution in [2.75, 3.05) is 23.7 Å². The number of nitrogens with one attached hydrogen (secondary N) is 2. The van der Waals surface area contributed by atoms with Gasteiger partial charge in [0.15, 0.2) is 5.78 Å². The van der Waals surface area contributed by atoms with Crippen LogP contribution in [0.1, 0.15) is 22.3 Å². The van der Waals surface area contributed by atoms with Crippen molar-refractivity contribution in [3.8, 4) is 0 Å². The van der Waals surface area contributed by atoms with Gasteiger partial charge in [0.25, 0.3) is 0 Å². The summed E-state index contributed by atoms with van der Waals surface area (Å²) in [5.41, 5.74) is 2.63. The standard InChI is InChI=1S/C19H19N3O3/c1-13-5-4-6-14(11-13)20-19(25)22-10-9-17(23)15-7-2-3-8-16(15)21-18(24)12-22/h2-8,11H,9-10,12H2,1H3,(H,20,25)(H,21,24). The minimum absolute atomic E-state index is 0.105. The van der Waals surface area contributed by atoms with Gasteiger partial charge in [0.1, 0.15) is 6.54 Å². The molecule has 6 heteroatoms. The van der Waals surface area contributed by atoms with E-state index < -0.39 is 6.03 Å². The monoisotopic (exact) mass is 337 g/mol. The number of carbonyl (C=O) groups is 3. The highest BCUT2D eigenvalue weighted by Crippen LogP contribution is 2.19. The van der Waals surface area contributed by atoms with E-state index in [4.69, 9.17) is 0 Å². The molecule has 0 bridgehead atoms. The van der Waals surface area contributed by atoms with Gasteiger partial charge in [-0.1, -0.05) is 24.3 Å². The molecule has 0 unspecified atom stereocenters. The largest absolute Gasteiger partial charge is 0.324 e. The van der Waals surface area contributed by atoms with Crippen LogP contribution in [0, 0.1) is 6.92 Å². The predicted molar refractivity (Wildman–Crippen MR) is 95.8 cm³/mol. The summed E-state index contributed by atoms with van der Waals surface area (Å²) in [7, 11) is 0. The van der Waals surface area contributed by atoms with Crippen LogP contribution in [0.25, 0.3) is 0 Å². The van der Waals surface area contributed by atoms with E-state index in [2.05, 4.69) is 10.6 Å². The maximum Gasteiger partial charge on any atom is 0.322 e. The van der Waals surface area contributed by atoms with Crippen molar-refractivity contribution in [2.45, 2.75) is 13.3 Å². The molecule has 0 aromatic heterocycles. The number of para-hydroxylation sites is 1. The molecule has 1 aliphatic rings. The molecule has 6 nitrogen and oxygen atoms in total. The minimum Gasteiger partial charge on any atom is -0.324 e. The first-order chi connectivity index (χ1) is 12.0. The SMILES string of the molecule is Cc1cccc(NC(=O)N2CCC(=O)c3ccccc3NC(=O)C2)c1. The Kier molecular flexibility index (Phi) is 4.79. The zero-order valence-corrected chi connectivity index (χ0v) is 13.9. The van der Waals surface area contributed by atoms with Crippen LogP contribution in [0.5, 0.6) is 0 Å². The van der Waals surface area contributed by atoms with Crippen molar-refractivity contribution in [3.63, 3.8) is 0 Å². The summed E-state index contributed by atoms with van der Waals surface area (Å²) in [5, 5.41) is 5.48. The number of urea groups is 1. The fourth-order valence-electron chi connectivity index (χ4n) is 2.75. The number of hydrogen-bond donors (Lipinski definition) is 2. The molecule has 1 heterocycles. The molecule has 3 rings (SSSR count). The Balaban J connectivity index is 1.76. The molecule has 0 fully saturated rings. The number of nitrogens with zero attached hydrogens (tertiary/aromatic N) is 1. The quantitative estimate of drug-likeness (QED) is 0.839. The van der Waals surface area contributed by atoms with Crippen LogP contribution in [0.3, 0.4) is 0 Å². The van der Waals surface area contributed by atoms with Gasteiger partial charge in [-0.3, -0.25) is 9.59 Å². The fourth-order valence-corrected chi connectivity index (χ4v) is 2.75. The normalized spacial score (nSPS) is 14.7. The summed E-state index contributed by atoms with van der Waals surface area (Å²) in [6.07, 6.45) is 0.160. The smallest absolute Gasteiger partial charge is 0.322 e. The van der Waals surface area contributed by atoms with Crippen LogP contribution in [0.2, 0.25) is 0 Å². The lowest BCUT2D eigenvalue weighted by atomic mass is 10.1. The molecular weight excluding hydrogens is 318 g/mol. The van der Waals surface area contributed by atoms with Gasteiger partial charge < -0.3 is 15.5 Å². The van der Waals surface area contributed by atoms with Gasteiger partial charge in [-0.2, -0.15) is 0 Å². The summed E-state index contributed by atoms with van der Waals surface area (Å²) < 4.78 is 0. The van der Waals surface area contributed by atoms with Crippen molar-refractivity contribution in [1.82, 2.24) is 4.90 Å². The van der Waals surface area contributed by atoms with E-state index in [0.717, 1.165) is 5.56 Å². The number of Topliss-reactive ketones (excluding diaryl/α,β-unsaturated/α-hetero) is 1. The molecule has 0 atom stereocenters. The number of ketones is 1. The first-order valence-electron chi connectivity index (χ1n) is 8.07. The van der Waals surface area contributed by atoms with Crippen molar-refractivity contribution in [1.29, 1.82) is 0 Å². The van der Waals surface area contributed by atoms with Gasteiger partial charge in [-0.15, -0.1) is 0 Å². The van der Waals surface area contributed by atoms with Crippen LogP contribution in [0.15, 0.2) is 48.5 Å². The van der Waals surface area contributed by atoms with E-state index in [1.165, 1.54) is 4.90 Å². The lowest BCUT2D eigenvalue weighted by Crippen LogP contribution is -2.41. The van der Waals surface area contributed by atoms with Crippen LogP contribution in [-0.4, -0.2) is 35.7 Å². The summed E-state index contributed by atoms with van der Waals surface area (Å²) in [6.45, 7) is 2.00. The third kappa shape index (κ3) is 4.03. The zero-order chi connectivity index (χ0) is 17.8. The van der Waals surface area contributed by atoms with E-state index in [1.807, 2.05) is 25.1 Å². The minimum atomic E-state index is -0.403. The maximum absolute atomic E-state index is 12.5. The molecule has 3 amide bonds. The number of hydrogen-bond acceptors (Lipinski definition) is 3. The van der Waals surface area contributed by atoms with Gasteiger partial charge in [0.05, 0.1) is 5.69 Å². The third-order valence-corrected chi connectivity index (χ3v) is 4.00. The topological polar surface area (TPSA) is 78.5 Å². The second kappa shape index (κ2) is 7.17. The third-order valence-electron chi connectivity index (χ3n) is 4.00. The van der Waals surface area contributed by atoms with Crippen molar-refractivity contribution < 1.29 is 14.4 Å². The molecule has 2 N–H and O–H groups in total. The Bertz CT molecular complexity index is 832. The number of amides is 3. The average molecular weight is 337 g/mol. The molecule has 2 aromatic carbocycles. The highest BCUT2D eigenvalue weighted by atomic mass is 16.2. The highest BCUT2D eigenvalue weighted by Gasteiger charge is 2.23. The molecule has 0 saturated heterocycles. The molecule has 128 valence electrons. The van der Waals surface area contributed by atoms with Crippen LogP contribution >= 0.6 is 0 Å². The van der Waals surface area contributed by atoms with Gasteiger partial charge in [-0.05, 0) is 36.8 Å². The molecule has 0 spiro atoms. The number of carbonyl (C=O) groups excluding carboxylic acids is 3. The number of aryl methyl sites for hydroxylation is 1. The van der Waals surface area contributed by atoms with E-state index >= 15 is 0 Å². The molecule has 1 aliphatic heterocycles. The van der Waals surface area contributed by atoms with E-state index in [1.54, 1.807) is 30.3 Å².